The molecule has 50 heteroatoms. The van der Waals surface area contributed by atoms with Gasteiger partial charge in [0.05, 0.1) is 25.6 Å². The number of thiol groups is 1. The lowest BCUT2D eigenvalue weighted by Crippen LogP contribution is -2.63. The number of carbonyl (C=O) groups is 22. The zero-order chi connectivity index (χ0) is 94.7. The number of nitrogens with one attached hydrogen (secondary N) is 14. The Bertz CT molecular complexity index is 3930. The van der Waals surface area contributed by atoms with Gasteiger partial charge in [-0.3, -0.25) is 101 Å². The maximum absolute atomic E-state index is 14.5. The Balaban J connectivity index is 3.78. The number of carbonyl (C=O) groups excluding carboxylic acids is 14. The Labute approximate surface area is 714 Å². The number of amides is 14. The van der Waals surface area contributed by atoms with E-state index in [1.807, 2.05) is 10.6 Å². The number of aliphatic hydroxyl groups is 2. The van der Waals surface area contributed by atoms with Crippen molar-refractivity contribution in [1.82, 2.24) is 74.4 Å². The van der Waals surface area contributed by atoms with Gasteiger partial charge in [0.2, 0.25) is 82.7 Å². The van der Waals surface area contributed by atoms with Gasteiger partial charge in [-0.15, -0.1) is 0 Å². The highest BCUT2D eigenvalue weighted by Gasteiger charge is 2.41. The van der Waals surface area contributed by atoms with Crippen LogP contribution >= 0.6 is 12.6 Å². The lowest BCUT2D eigenvalue weighted by molar-refractivity contribution is -0.144. The van der Waals surface area contributed by atoms with Crippen molar-refractivity contribution in [2.75, 3.05) is 18.9 Å². The second-order valence-corrected chi connectivity index (χ2v) is 29.9. The zero-order valence-corrected chi connectivity index (χ0v) is 69.8. The number of aliphatic hydroxyl groups excluding tert-OH is 2. The van der Waals surface area contributed by atoms with E-state index in [1.54, 1.807) is 6.92 Å². The number of carboxylic acids is 8. The molecule has 1 aromatic carbocycles. The van der Waals surface area contributed by atoms with Gasteiger partial charge in [-0.25, -0.2) is 4.79 Å². The zero-order valence-electron chi connectivity index (χ0n) is 68.9. The lowest BCUT2D eigenvalue weighted by atomic mass is 9.96. The largest absolute Gasteiger partial charge is 0.508 e. The van der Waals surface area contributed by atoms with Crippen molar-refractivity contribution >= 4 is 143 Å². The van der Waals surface area contributed by atoms with Crippen LogP contribution in [0.1, 0.15) is 157 Å². The van der Waals surface area contributed by atoms with E-state index < -0.39 is 341 Å². The Morgan fingerprint density at radius 3 is 0.968 bits per heavy atom. The molecular weight excluding hydrogens is 1670 g/mol. The van der Waals surface area contributed by atoms with Crippen LogP contribution in [0, 0.1) is 17.8 Å². The van der Waals surface area contributed by atoms with Crippen LogP contribution in [0.15, 0.2) is 24.3 Å². The van der Waals surface area contributed by atoms with Crippen molar-refractivity contribution in [2.24, 2.45) is 29.2 Å². The van der Waals surface area contributed by atoms with Crippen LogP contribution in [-0.2, 0) is 112 Å². The average molecular weight is 1790 g/mol. The van der Waals surface area contributed by atoms with Crippen molar-refractivity contribution in [3.05, 3.63) is 29.8 Å². The number of benzene rings is 1. The Morgan fingerprint density at radius 2 is 0.629 bits per heavy atom. The number of unbranched alkanes of at least 4 members (excludes halogenated alkanes) is 1. The lowest BCUT2D eigenvalue weighted by Gasteiger charge is -2.30. The van der Waals surface area contributed by atoms with E-state index in [2.05, 4.69) is 76.4 Å². The van der Waals surface area contributed by atoms with Gasteiger partial charge >= 0.3 is 47.8 Å². The number of phenols is 1. The molecule has 0 aliphatic rings. The van der Waals surface area contributed by atoms with Gasteiger partial charge in [-0.2, -0.15) is 12.6 Å². The van der Waals surface area contributed by atoms with Gasteiger partial charge in [0.15, 0.2) is 0 Å². The first-order valence-corrected chi connectivity index (χ1v) is 39.7. The normalized spacial score (nSPS) is 15.2. The van der Waals surface area contributed by atoms with Crippen molar-refractivity contribution in [3.8, 4) is 5.75 Å². The second kappa shape index (κ2) is 55.5. The molecule has 0 aliphatic heterocycles. The van der Waals surface area contributed by atoms with Crippen molar-refractivity contribution in [2.45, 2.75) is 254 Å². The smallest absolute Gasteiger partial charge is 0.326 e. The summed E-state index contributed by atoms with van der Waals surface area (Å²) in [5, 5.41) is 139. The van der Waals surface area contributed by atoms with Crippen molar-refractivity contribution in [1.29, 1.82) is 0 Å². The molecule has 0 aromatic heterocycles. The molecule has 0 aliphatic carbocycles. The van der Waals surface area contributed by atoms with E-state index in [-0.39, 0.29) is 43.5 Å². The van der Waals surface area contributed by atoms with Gasteiger partial charge < -0.3 is 142 Å². The van der Waals surface area contributed by atoms with Crippen molar-refractivity contribution in [3.63, 3.8) is 0 Å². The first-order valence-electron chi connectivity index (χ1n) is 39.1. The van der Waals surface area contributed by atoms with Crippen LogP contribution in [0.5, 0.6) is 5.75 Å². The highest BCUT2D eigenvalue weighted by Crippen LogP contribution is 2.18. The molecule has 0 spiro atoms. The fourth-order valence-electron chi connectivity index (χ4n) is 11.4. The number of rotatable bonds is 61. The maximum Gasteiger partial charge on any atom is 0.326 e. The van der Waals surface area contributed by atoms with Gasteiger partial charge in [-0.05, 0) is 100 Å². The summed E-state index contributed by atoms with van der Waals surface area (Å²) in [5.41, 5.74) is 11.4. The van der Waals surface area contributed by atoms with Crippen LogP contribution in [0.4, 0.5) is 0 Å². The molecule has 0 bridgehead atoms. The minimum atomic E-state index is -2.33. The third kappa shape index (κ3) is 40.9. The first-order chi connectivity index (χ1) is 57.9. The Kier molecular flexibility index (Phi) is 49.1. The third-order valence-electron chi connectivity index (χ3n) is 18.7. The van der Waals surface area contributed by atoms with E-state index in [9.17, 15) is 162 Å². The highest BCUT2D eigenvalue weighted by molar-refractivity contribution is 7.80. The minimum absolute atomic E-state index is 0.00496. The summed E-state index contributed by atoms with van der Waals surface area (Å²) in [6.45, 7) is 8.62. The molecule has 0 saturated heterocycles. The van der Waals surface area contributed by atoms with Gasteiger partial charge in [0.1, 0.15) is 96.4 Å². The number of nitrogens with two attached hydrogens (primary N) is 2. The van der Waals surface area contributed by atoms with E-state index in [0.717, 1.165) is 6.92 Å². The molecule has 0 radical (unpaired) electrons. The SMILES string of the molecule is CC[C@H](C)[C@H](NC(=O)[C@H](Cc1ccc(O)cc1)NC(=O)[C@@H](NC(=O)[C@H](CC(=O)O)NC(=O)[C@@H](N)CO)[C@@H](C)O)C(=O)N[C@@H](CS)C(=O)N[C@@H](CCC(=O)O)C(=O)N[C@H](C(=O)N[C@@H](CCC(=O)O)C(=O)N[C@@H](CC(=O)O)C(=O)N[C@@H](CCC(=O)O)C(=O)N[C@@H](CCCCN)C(=O)N[C@@H](CCC(=O)O)C(=O)N[C@@H](CCC(=O)O)C(=O)N[C@H](C(=O)O)C(C)C)C(C)C. The fourth-order valence-corrected chi connectivity index (χ4v) is 11.7. The van der Waals surface area contributed by atoms with Crippen molar-refractivity contribution < 1.29 is 162 Å². The first kappa shape index (κ1) is 110. The summed E-state index contributed by atoms with van der Waals surface area (Å²) in [4.78, 5) is 291. The molecule has 49 nitrogen and oxygen atoms in total. The number of carboxylic acid groups (broad SMARTS) is 8. The number of hydrogen-bond donors (Lipinski definition) is 28. The number of aromatic hydroxyl groups is 1. The summed E-state index contributed by atoms with van der Waals surface area (Å²) < 4.78 is 0. The van der Waals surface area contributed by atoms with E-state index in [0.29, 0.717) is 0 Å². The van der Waals surface area contributed by atoms with Crippen LogP contribution < -0.4 is 85.9 Å². The minimum Gasteiger partial charge on any atom is -0.508 e. The molecule has 29 N–H and O–H groups in total. The molecular formula is C74H114N16O33S. The van der Waals surface area contributed by atoms with Gasteiger partial charge in [-0.1, -0.05) is 60.1 Å². The molecule has 0 saturated carbocycles. The summed E-state index contributed by atoms with van der Waals surface area (Å²) >= 11 is 4.19. The predicted molar refractivity (Wildman–Crippen MR) is 428 cm³/mol. The molecule has 0 fully saturated rings. The molecule has 14 amide bonds. The topological polar surface area (TPSA) is 819 Å². The average Bonchev–Trinajstić information content (AvgIpc) is 0.845. The molecule has 1 rings (SSSR count). The Morgan fingerprint density at radius 1 is 0.347 bits per heavy atom. The monoisotopic (exact) mass is 1790 g/mol. The summed E-state index contributed by atoms with van der Waals surface area (Å²) in [6.07, 6.45) is -13.2. The summed E-state index contributed by atoms with van der Waals surface area (Å²) in [5.74, 6) is -34.4. The molecule has 17 atom stereocenters. The van der Waals surface area contributed by atoms with E-state index >= 15 is 0 Å². The molecule has 694 valence electrons. The quantitative estimate of drug-likeness (QED) is 0.0213. The Hall–Kier alpha value is -12.4. The van der Waals surface area contributed by atoms with E-state index in [1.165, 1.54) is 58.9 Å². The summed E-state index contributed by atoms with van der Waals surface area (Å²) in [7, 11) is 0. The predicted octanol–water partition coefficient (Wildman–Crippen LogP) is -7.80. The molecule has 1 aromatic rings. The molecule has 0 heterocycles. The van der Waals surface area contributed by atoms with Gasteiger partial charge in [0.25, 0.3) is 0 Å². The number of aliphatic carboxylic acids is 8. The fraction of sp³-hybridized carbons (Fsp3) is 0.622. The maximum atomic E-state index is 14.5. The van der Waals surface area contributed by atoms with Crippen LogP contribution in [0.2, 0.25) is 0 Å². The summed E-state index contributed by atoms with van der Waals surface area (Å²) in [6, 6.07) is -23.0. The standard InChI is InChI=1S/C74H114N16O33S/c1-8-34(6)58(89-68(116)45(27-36-12-14-37(93)15-13-36)85-73(121)59(35(7)92)90-69(117)47(29-55(106)107)83-60(108)38(76)30-91)72(120)86-48(31-124)70(118)81-43(19-24-52(100)101)65(113)87-56(32(2)3)71(119)82-42(18-23-51(98)99)64(112)84-46(28-54(104)105)67(115)80-41(17-22-50(96)97)62(110)77-39(11-9-10-26-75)61(109)78-40(16-21-49(94)95)63(111)79-44(20-25-53(102)103)66(114)88-57(33(4)5)74(122)123/h12-15,32-35,38-48,56-59,91-93,124H,8-11,16-31,75-76H2,1-7H3,(H,77,110)(H,78,109)(H,79,111)(H,80,115)(H,81,118)(H,82,119)(H,83,108)(H,84,112)(H,85,121)(H,86,120)(H,87,113)(H,88,114)(H,89,116)(H,90,117)(H,94,95)(H,96,97)(H,98,99)(H,100,101)(H,102,103)(H,104,105)(H,106,107)(H,122,123)/t34-,35+,38-,39-,40-,41-,42-,43-,44-,45-,46-,47-,48-,56-,57-,58-,59-/m0/s1. The van der Waals surface area contributed by atoms with Crippen LogP contribution in [0.3, 0.4) is 0 Å². The number of phenolic OH excluding ortho intramolecular Hbond substituents is 1. The van der Waals surface area contributed by atoms with E-state index in [4.69, 9.17) is 11.5 Å². The highest BCUT2D eigenvalue weighted by atomic mass is 32.1. The molecule has 124 heavy (non-hydrogen) atoms. The third-order valence-corrected chi connectivity index (χ3v) is 19.1. The second-order valence-electron chi connectivity index (χ2n) is 29.5. The number of hydrogen-bond acceptors (Lipinski definition) is 28. The van der Waals surface area contributed by atoms with Crippen LogP contribution in [0.25, 0.3) is 0 Å². The molecule has 0 unspecified atom stereocenters. The van der Waals surface area contributed by atoms with Gasteiger partial charge in [0, 0.05) is 44.3 Å². The van der Waals surface area contributed by atoms with Crippen LogP contribution in [-0.4, -0.2) is 302 Å².